The van der Waals surface area contributed by atoms with Crippen LogP contribution in [0.25, 0.3) is 0 Å². The number of carboxylic acids is 1. The molecule has 0 radical (unpaired) electrons. The zero-order valence-corrected chi connectivity index (χ0v) is 12.2. The molecule has 1 heterocycles. The van der Waals surface area contributed by atoms with Gasteiger partial charge in [-0.3, -0.25) is 9.69 Å². The summed E-state index contributed by atoms with van der Waals surface area (Å²) in [5.41, 5.74) is 0.992. The lowest BCUT2D eigenvalue weighted by molar-refractivity contribution is -0.137. The van der Waals surface area contributed by atoms with Gasteiger partial charge in [-0.15, -0.1) is 0 Å². The van der Waals surface area contributed by atoms with Crippen molar-refractivity contribution in [2.45, 2.75) is 19.9 Å². The number of fused-ring (bicyclic) bond motifs is 1. The Hall–Kier alpha value is -1.46. The van der Waals surface area contributed by atoms with Gasteiger partial charge in [0.1, 0.15) is 13.2 Å². The van der Waals surface area contributed by atoms with Gasteiger partial charge in [0.2, 0.25) is 0 Å². The molecule has 0 aromatic heterocycles. The number of hydrogen-bond donors (Lipinski definition) is 1. The second-order valence-corrected chi connectivity index (χ2v) is 5.02. The van der Waals surface area contributed by atoms with E-state index in [0.717, 1.165) is 12.1 Å². The molecule has 1 aliphatic rings. The monoisotopic (exact) mass is 299 g/mol. The van der Waals surface area contributed by atoms with Crippen LogP contribution < -0.4 is 9.47 Å². The summed E-state index contributed by atoms with van der Waals surface area (Å²) in [7, 11) is 0. The van der Waals surface area contributed by atoms with Crippen LogP contribution in [0.1, 0.15) is 18.9 Å². The molecule has 0 saturated carbocycles. The van der Waals surface area contributed by atoms with Gasteiger partial charge < -0.3 is 14.6 Å². The molecule has 5 nitrogen and oxygen atoms in total. The number of aliphatic carboxylic acids is 1. The van der Waals surface area contributed by atoms with Crippen LogP contribution in [0.3, 0.4) is 0 Å². The molecule has 20 heavy (non-hydrogen) atoms. The summed E-state index contributed by atoms with van der Waals surface area (Å²) in [5, 5.41) is 9.28. The largest absolute Gasteiger partial charge is 0.486 e. The van der Waals surface area contributed by atoms with E-state index >= 15 is 0 Å². The minimum absolute atomic E-state index is 0.131. The Labute approximate surface area is 123 Å². The maximum atomic E-state index is 10.6. The fourth-order valence-corrected chi connectivity index (χ4v) is 2.40. The third-order valence-electron chi connectivity index (χ3n) is 3.15. The number of carbonyl (C=O) groups is 1. The maximum absolute atomic E-state index is 10.6. The van der Waals surface area contributed by atoms with Gasteiger partial charge in [0.25, 0.3) is 0 Å². The van der Waals surface area contributed by atoms with E-state index in [9.17, 15) is 4.79 Å². The number of halogens is 1. The molecule has 0 aliphatic carbocycles. The van der Waals surface area contributed by atoms with Crippen molar-refractivity contribution in [1.82, 2.24) is 4.90 Å². The molecular formula is C14H18ClNO4. The third kappa shape index (κ3) is 3.77. The number of ether oxygens (including phenoxy) is 2. The SMILES string of the molecule is CCN(CCC(=O)O)Cc1cc(Cl)c2c(c1)OCCO2. The third-order valence-corrected chi connectivity index (χ3v) is 3.43. The molecule has 0 saturated heterocycles. The van der Waals surface area contributed by atoms with Crippen LogP contribution in [-0.2, 0) is 11.3 Å². The molecule has 0 unspecified atom stereocenters. The second kappa shape index (κ2) is 6.81. The number of nitrogens with zero attached hydrogens (tertiary/aromatic N) is 1. The highest BCUT2D eigenvalue weighted by atomic mass is 35.5. The molecule has 1 aromatic carbocycles. The Morgan fingerprint density at radius 2 is 2.15 bits per heavy atom. The zero-order chi connectivity index (χ0) is 14.5. The van der Waals surface area contributed by atoms with Crippen molar-refractivity contribution in [1.29, 1.82) is 0 Å². The van der Waals surface area contributed by atoms with Gasteiger partial charge in [-0.05, 0) is 24.2 Å². The van der Waals surface area contributed by atoms with Crippen LogP contribution in [-0.4, -0.2) is 42.3 Å². The molecule has 2 rings (SSSR count). The fourth-order valence-electron chi connectivity index (χ4n) is 2.12. The van der Waals surface area contributed by atoms with E-state index < -0.39 is 5.97 Å². The van der Waals surface area contributed by atoms with Crippen molar-refractivity contribution < 1.29 is 19.4 Å². The number of rotatable bonds is 6. The lowest BCUT2D eigenvalue weighted by atomic mass is 10.1. The predicted molar refractivity (Wildman–Crippen MR) is 75.6 cm³/mol. The molecule has 0 amide bonds. The van der Waals surface area contributed by atoms with Crippen molar-refractivity contribution in [2.75, 3.05) is 26.3 Å². The highest BCUT2D eigenvalue weighted by molar-refractivity contribution is 6.32. The van der Waals surface area contributed by atoms with Crippen LogP contribution in [0.2, 0.25) is 5.02 Å². The zero-order valence-electron chi connectivity index (χ0n) is 11.4. The summed E-state index contributed by atoms with van der Waals surface area (Å²) < 4.78 is 11.0. The molecule has 0 fully saturated rings. The highest BCUT2D eigenvalue weighted by Gasteiger charge is 2.17. The lowest BCUT2D eigenvalue weighted by Crippen LogP contribution is -2.26. The summed E-state index contributed by atoms with van der Waals surface area (Å²) in [5.74, 6) is 0.465. The molecule has 1 N–H and O–H groups in total. The quantitative estimate of drug-likeness (QED) is 0.874. The first-order chi connectivity index (χ1) is 9.60. The van der Waals surface area contributed by atoms with E-state index in [1.807, 2.05) is 19.1 Å². The Bertz CT molecular complexity index is 492. The Morgan fingerprint density at radius 1 is 1.40 bits per heavy atom. The first-order valence-corrected chi connectivity index (χ1v) is 7.00. The van der Waals surface area contributed by atoms with Crippen molar-refractivity contribution in [3.05, 3.63) is 22.7 Å². The maximum Gasteiger partial charge on any atom is 0.304 e. The van der Waals surface area contributed by atoms with E-state index in [4.69, 9.17) is 26.2 Å². The Balaban J connectivity index is 2.08. The summed E-state index contributed by atoms with van der Waals surface area (Å²) in [4.78, 5) is 12.7. The summed E-state index contributed by atoms with van der Waals surface area (Å²) in [6, 6.07) is 3.75. The van der Waals surface area contributed by atoms with E-state index in [2.05, 4.69) is 4.90 Å². The number of hydrogen-bond acceptors (Lipinski definition) is 4. The van der Waals surface area contributed by atoms with Crippen LogP contribution in [0.4, 0.5) is 0 Å². The molecule has 110 valence electrons. The molecule has 0 spiro atoms. The number of benzene rings is 1. The Morgan fingerprint density at radius 3 is 2.85 bits per heavy atom. The standard InChI is InChI=1S/C14H18ClNO4/c1-2-16(4-3-13(17)18)9-10-7-11(15)14-12(8-10)19-5-6-20-14/h7-8H,2-6,9H2,1H3,(H,17,18). The second-order valence-electron chi connectivity index (χ2n) is 4.61. The molecule has 1 aromatic rings. The number of carboxylic acid groups (broad SMARTS) is 1. The first kappa shape index (κ1) is 14.9. The van der Waals surface area contributed by atoms with Gasteiger partial charge in [0.15, 0.2) is 11.5 Å². The first-order valence-electron chi connectivity index (χ1n) is 6.62. The lowest BCUT2D eigenvalue weighted by Gasteiger charge is -2.23. The van der Waals surface area contributed by atoms with E-state index in [-0.39, 0.29) is 6.42 Å². The van der Waals surface area contributed by atoms with Crippen molar-refractivity contribution in [2.24, 2.45) is 0 Å². The van der Waals surface area contributed by atoms with Crippen LogP contribution >= 0.6 is 11.6 Å². The minimum atomic E-state index is -0.788. The van der Waals surface area contributed by atoms with E-state index in [1.54, 1.807) is 0 Å². The van der Waals surface area contributed by atoms with Gasteiger partial charge in [-0.1, -0.05) is 18.5 Å². The van der Waals surface area contributed by atoms with Crippen molar-refractivity contribution in [3.8, 4) is 11.5 Å². The van der Waals surface area contributed by atoms with Crippen LogP contribution in [0.15, 0.2) is 12.1 Å². The smallest absolute Gasteiger partial charge is 0.304 e. The van der Waals surface area contributed by atoms with Gasteiger partial charge in [0.05, 0.1) is 11.4 Å². The van der Waals surface area contributed by atoms with Crippen LogP contribution in [0.5, 0.6) is 11.5 Å². The fraction of sp³-hybridized carbons (Fsp3) is 0.500. The average Bonchev–Trinajstić information content (AvgIpc) is 2.43. The van der Waals surface area contributed by atoms with E-state index in [1.165, 1.54) is 0 Å². The van der Waals surface area contributed by atoms with Crippen LogP contribution in [0, 0.1) is 0 Å². The molecule has 6 heteroatoms. The topological polar surface area (TPSA) is 59.0 Å². The Kier molecular flexibility index (Phi) is 5.09. The molecule has 0 atom stereocenters. The average molecular weight is 300 g/mol. The van der Waals surface area contributed by atoms with Gasteiger partial charge >= 0.3 is 5.97 Å². The molecule has 0 bridgehead atoms. The molecule has 1 aliphatic heterocycles. The van der Waals surface area contributed by atoms with E-state index in [0.29, 0.717) is 42.8 Å². The van der Waals surface area contributed by atoms with Gasteiger partial charge in [0, 0.05) is 13.1 Å². The molecular weight excluding hydrogens is 282 g/mol. The van der Waals surface area contributed by atoms with Gasteiger partial charge in [-0.25, -0.2) is 0 Å². The summed E-state index contributed by atoms with van der Waals surface area (Å²) in [6.07, 6.45) is 0.131. The highest BCUT2D eigenvalue weighted by Crippen LogP contribution is 2.38. The normalized spacial score (nSPS) is 13.6. The minimum Gasteiger partial charge on any atom is -0.486 e. The van der Waals surface area contributed by atoms with Crippen molar-refractivity contribution >= 4 is 17.6 Å². The van der Waals surface area contributed by atoms with Gasteiger partial charge in [-0.2, -0.15) is 0 Å². The summed E-state index contributed by atoms with van der Waals surface area (Å²) >= 11 is 6.18. The summed E-state index contributed by atoms with van der Waals surface area (Å²) in [6.45, 7) is 4.95. The van der Waals surface area contributed by atoms with Crippen molar-refractivity contribution in [3.63, 3.8) is 0 Å². The predicted octanol–water partition coefficient (Wildman–Crippen LogP) is 2.41.